The molecular weight excluding hydrogens is 228 g/mol. The lowest BCUT2D eigenvalue weighted by atomic mass is 10.0. The minimum Gasteiger partial charge on any atom is -0.102 e. The number of allylic oxidation sites excluding steroid dienone is 7. The van der Waals surface area contributed by atoms with E-state index in [1.165, 1.54) is 5.57 Å². The van der Waals surface area contributed by atoms with Gasteiger partial charge in [-0.2, -0.15) is 0 Å². The van der Waals surface area contributed by atoms with Crippen molar-refractivity contribution in [2.75, 3.05) is 0 Å². The Morgan fingerprint density at radius 2 is 1.32 bits per heavy atom. The largest absolute Gasteiger partial charge is 0.102 e. The smallest absolute Gasteiger partial charge is 0.00755 e. The second kappa shape index (κ2) is 11.8. The summed E-state index contributed by atoms with van der Waals surface area (Å²) in [6.07, 6.45) is 10.2. The normalized spacial score (nSPS) is 14.6. The standard InChI is InChI=1S/C15H22.C4H10/c1-7-13(5)9-10-15(12(3)4)11-14(6)8-2;1-4(2)3/h7-11,13-14H,1-3H2,4-6H3;4H,1-3H3/b10-9-,15-11-;. The van der Waals surface area contributed by atoms with Gasteiger partial charge in [-0.25, -0.2) is 0 Å². The fourth-order valence-corrected chi connectivity index (χ4v) is 1.03. The van der Waals surface area contributed by atoms with E-state index in [-0.39, 0.29) is 0 Å². The van der Waals surface area contributed by atoms with Gasteiger partial charge in [0, 0.05) is 0 Å². The third-order valence-electron chi connectivity index (χ3n) is 2.26. The molecule has 0 aromatic rings. The minimum atomic E-state index is 0.375. The molecule has 0 amide bonds. The van der Waals surface area contributed by atoms with E-state index in [9.17, 15) is 0 Å². The molecule has 0 heterocycles. The molecule has 0 rings (SSSR count). The summed E-state index contributed by atoms with van der Waals surface area (Å²) >= 11 is 0. The topological polar surface area (TPSA) is 0 Å². The first kappa shape index (κ1) is 20.0. The van der Waals surface area contributed by atoms with Crippen molar-refractivity contribution >= 4 is 0 Å². The highest BCUT2D eigenvalue weighted by Crippen LogP contribution is 2.14. The Hall–Kier alpha value is -1.30. The van der Waals surface area contributed by atoms with Crippen molar-refractivity contribution in [3.63, 3.8) is 0 Å². The Bertz CT molecular complexity index is 323. The van der Waals surface area contributed by atoms with Crippen LogP contribution in [0.3, 0.4) is 0 Å². The molecule has 0 aliphatic heterocycles. The van der Waals surface area contributed by atoms with Crippen LogP contribution in [-0.4, -0.2) is 0 Å². The Labute approximate surface area is 121 Å². The molecule has 0 spiro atoms. The van der Waals surface area contributed by atoms with Gasteiger partial charge in [0.15, 0.2) is 0 Å². The van der Waals surface area contributed by atoms with Crippen LogP contribution in [0.5, 0.6) is 0 Å². The highest BCUT2D eigenvalue weighted by molar-refractivity contribution is 5.37. The molecule has 0 fully saturated rings. The van der Waals surface area contributed by atoms with Crippen molar-refractivity contribution in [3.8, 4) is 0 Å². The second-order valence-electron chi connectivity index (χ2n) is 5.68. The summed E-state index contributed by atoms with van der Waals surface area (Å²) in [5, 5.41) is 0. The molecule has 0 aliphatic rings. The van der Waals surface area contributed by atoms with Gasteiger partial charge in [-0.15, -0.1) is 13.2 Å². The van der Waals surface area contributed by atoms with Crippen molar-refractivity contribution in [1.29, 1.82) is 0 Å². The highest BCUT2D eigenvalue weighted by atomic mass is 14.0. The SMILES string of the molecule is C=CC(C)/C=C\C(=C\C(C)C=C)C(=C)C.CC(C)C. The fraction of sp³-hybridized carbons (Fsp3) is 0.474. The summed E-state index contributed by atoms with van der Waals surface area (Å²) in [5.74, 6) is 1.60. The average Bonchev–Trinajstić information content (AvgIpc) is 2.32. The van der Waals surface area contributed by atoms with E-state index in [4.69, 9.17) is 0 Å². The predicted octanol–water partition coefficient (Wildman–Crippen LogP) is 6.35. The molecule has 0 bridgehead atoms. The van der Waals surface area contributed by atoms with E-state index >= 15 is 0 Å². The monoisotopic (exact) mass is 260 g/mol. The molecule has 0 radical (unpaired) electrons. The van der Waals surface area contributed by atoms with E-state index in [1.807, 2.05) is 19.1 Å². The van der Waals surface area contributed by atoms with Crippen LogP contribution in [0, 0.1) is 17.8 Å². The molecule has 0 aromatic carbocycles. The maximum atomic E-state index is 3.97. The first-order chi connectivity index (χ1) is 8.74. The highest BCUT2D eigenvalue weighted by Gasteiger charge is 1.97. The van der Waals surface area contributed by atoms with Crippen molar-refractivity contribution in [2.45, 2.75) is 41.5 Å². The summed E-state index contributed by atoms with van der Waals surface area (Å²) in [6, 6.07) is 0. The molecule has 0 aliphatic carbocycles. The van der Waals surface area contributed by atoms with Gasteiger partial charge in [0.25, 0.3) is 0 Å². The van der Waals surface area contributed by atoms with Crippen LogP contribution in [0.25, 0.3) is 0 Å². The van der Waals surface area contributed by atoms with E-state index in [0.717, 1.165) is 11.5 Å². The van der Waals surface area contributed by atoms with Crippen LogP contribution in [0.15, 0.2) is 61.3 Å². The van der Waals surface area contributed by atoms with Gasteiger partial charge in [0.2, 0.25) is 0 Å². The number of hydrogen-bond acceptors (Lipinski definition) is 0. The summed E-state index contributed by atoms with van der Waals surface area (Å²) < 4.78 is 0. The van der Waals surface area contributed by atoms with Gasteiger partial charge < -0.3 is 0 Å². The van der Waals surface area contributed by atoms with Crippen LogP contribution >= 0.6 is 0 Å². The summed E-state index contributed by atoms with van der Waals surface area (Å²) in [7, 11) is 0. The summed E-state index contributed by atoms with van der Waals surface area (Å²) in [5.41, 5.74) is 2.26. The van der Waals surface area contributed by atoms with Gasteiger partial charge in [0.05, 0.1) is 0 Å². The van der Waals surface area contributed by atoms with Gasteiger partial charge >= 0.3 is 0 Å². The Balaban J connectivity index is 0. The quantitative estimate of drug-likeness (QED) is 0.385. The molecule has 108 valence electrons. The maximum Gasteiger partial charge on any atom is -0.00755 e. The predicted molar refractivity (Wildman–Crippen MR) is 91.3 cm³/mol. The zero-order valence-electron chi connectivity index (χ0n) is 13.7. The number of hydrogen-bond donors (Lipinski definition) is 0. The molecular formula is C19H32. The summed E-state index contributed by atoms with van der Waals surface area (Å²) in [6.45, 7) is 24.2. The van der Waals surface area contributed by atoms with E-state index in [0.29, 0.717) is 11.8 Å². The van der Waals surface area contributed by atoms with Crippen molar-refractivity contribution in [1.82, 2.24) is 0 Å². The van der Waals surface area contributed by atoms with Crippen LogP contribution in [0.4, 0.5) is 0 Å². The molecule has 0 saturated carbocycles. The van der Waals surface area contributed by atoms with E-state index in [1.54, 1.807) is 0 Å². The van der Waals surface area contributed by atoms with E-state index in [2.05, 4.69) is 72.6 Å². The maximum absolute atomic E-state index is 3.97. The molecule has 2 unspecified atom stereocenters. The van der Waals surface area contributed by atoms with Crippen LogP contribution in [-0.2, 0) is 0 Å². The Kier molecular flexibility index (Phi) is 12.4. The zero-order chi connectivity index (χ0) is 15.4. The van der Waals surface area contributed by atoms with Gasteiger partial charge in [-0.3, -0.25) is 0 Å². The molecule has 19 heavy (non-hydrogen) atoms. The molecule has 0 aromatic heterocycles. The first-order valence-corrected chi connectivity index (χ1v) is 7.05. The zero-order valence-corrected chi connectivity index (χ0v) is 13.7. The van der Waals surface area contributed by atoms with Gasteiger partial charge in [-0.05, 0) is 30.3 Å². The van der Waals surface area contributed by atoms with Gasteiger partial charge in [0.1, 0.15) is 0 Å². The van der Waals surface area contributed by atoms with Crippen LogP contribution in [0.2, 0.25) is 0 Å². The van der Waals surface area contributed by atoms with E-state index < -0.39 is 0 Å². The second-order valence-corrected chi connectivity index (χ2v) is 5.68. The van der Waals surface area contributed by atoms with Crippen LogP contribution in [0.1, 0.15) is 41.5 Å². The third kappa shape index (κ3) is 14.6. The molecule has 0 saturated heterocycles. The molecule has 0 heteroatoms. The van der Waals surface area contributed by atoms with Crippen LogP contribution < -0.4 is 0 Å². The lowest BCUT2D eigenvalue weighted by molar-refractivity contribution is 0.737. The van der Waals surface area contributed by atoms with Crippen molar-refractivity contribution in [2.24, 2.45) is 17.8 Å². The lowest BCUT2D eigenvalue weighted by Gasteiger charge is -2.05. The van der Waals surface area contributed by atoms with Gasteiger partial charge in [-0.1, -0.05) is 77.2 Å². The third-order valence-corrected chi connectivity index (χ3v) is 2.26. The van der Waals surface area contributed by atoms with Crippen molar-refractivity contribution < 1.29 is 0 Å². The lowest BCUT2D eigenvalue weighted by Crippen LogP contribution is -1.89. The molecule has 2 atom stereocenters. The average molecular weight is 260 g/mol. The Morgan fingerprint density at radius 3 is 1.63 bits per heavy atom. The Morgan fingerprint density at radius 1 is 0.895 bits per heavy atom. The fourth-order valence-electron chi connectivity index (χ4n) is 1.03. The molecule has 0 nitrogen and oxygen atoms in total. The van der Waals surface area contributed by atoms with Crippen molar-refractivity contribution in [3.05, 3.63) is 61.3 Å². The first-order valence-electron chi connectivity index (χ1n) is 7.05. The summed E-state index contributed by atoms with van der Waals surface area (Å²) in [4.78, 5) is 0. The minimum absolute atomic E-state index is 0.375. The molecule has 0 N–H and O–H groups in total. The number of rotatable bonds is 6.